The molecule has 0 spiro atoms. The molecular formula is C10H13N5OS. The first-order chi connectivity index (χ1) is 8.20. The van der Waals surface area contributed by atoms with Crippen LogP contribution in [0.1, 0.15) is 21.1 Å². The van der Waals surface area contributed by atoms with Crippen LogP contribution in [0.2, 0.25) is 0 Å². The SMILES string of the molecule is CN(Cc1cn[nH]c1)C(=O)c1csc(CN)n1. The quantitative estimate of drug-likeness (QED) is 0.832. The number of aromatic nitrogens is 3. The van der Waals surface area contributed by atoms with Crippen LogP contribution in [0.15, 0.2) is 17.8 Å². The fraction of sp³-hybridized carbons (Fsp3) is 0.300. The molecule has 0 saturated heterocycles. The van der Waals surface area contributed by atoms with Crippen LogP contribution >= 0.6 is 11.3 Å². The Bertz CT molecular complexity index is 493. The maximum absolute atomic E-state index is 12.0. The maximum Gasteiger partial charge on any atom is 0.273 e. The first-order valence-electron chi connectivity index (χ1n) is 5.08. The highest BCUT2D eigenvalue weighted by atomic mass is 32.1. The van der Waals surface area contributed by atoms with Crippen LogP contribution in [0.3, 0.4) is 0 Å². The van der Waals surface area contributed by atoms with Gasteiger partial charge in [0.25, 0.3) is 5.91 Å². The highest BCUT2D eigenvalue weighted by Gasteiger charge is 2.15. The van der Waals surface area contributed by atoms with E-state index in [4.69, 9.17) is 5.73 Å². The fourth-order valence-electron chi connectivity index (χ4n) is 1.41. The smallest absolute Gasteiger partial charge is 0.273 e. The minimum Gasteiger partial charge on any atom is -0.336 e. The highest BCUT2D eigenvalue weighted by Crippen LogP contribution is 2.12. The van der Waals surface area contributed by atoms with Crippen LogP contribution in [0.5, 0.6) is 0 Å². The third-order valence-electron chi connectivity index (χ3n) is 2.27. The summed E-state index contributed by atoms with van der Waals surface area (Å²) < 4.78 is 0. The summed E-state index contributed by atoms with van der Waals surface area (Å²) in [5.41, 5.74) is 6.86. The molecule has 1 amide bonds. The Morgan fingerprint density at radius 1 is 1.65 bits per heavy atom. The van der Waals surface area contributed by atoms with Gasteiger partial charge < -0.3 is 10.6 Å². The molecule has 0 unspecified atom stereocenters. The standard InChI is InChI=1S/C10H13N5OS/c1-15(5-7-3-12-13-4-7)10(16)8-6-17-9(2-11)14-8/h3-4,6H,2,5,11H2,1H3,(H,12,13). The number of hydrogen-bond donors (Lipinski definition) is 2. The molecule has 0 aromatic carbocycles. The summed E-state index contributed by atoms with van der Waals surface area (Å²) in [6.07, 6.45) is 3.45. The fourth-order valence-corrected chi connectivity index (χ4v) is 2.06. The third-order valence-corrected chi connectivity index (χ3v) is 3.14. The number of nitrogens with zero attached hydrogens (tertiary/aromatic N) is 3. The molecule has 3 N–H and O–H groups in total. The molecule has 6 nitrogen and oxygen atoms in total. The Labute approximate surface area is 102 Å². The van der Waals surface area contributed by atoms with Gasteiger partial charge in [-0.25, -0.2) is 4.98 Å². The second-order valence-corrected chi connectivity index (χ2v) is 4.54. The lowest BCUT2D eigenvalue weighted by atomic mass is 10.3. The van der Waals surface area contributed by atoms with E-state index in [9.17, 15) is 4.79 Å². The summed E-state index contributed by atoms with van der Waals surface area (Å²) in [6.45, 7) is 0.869. The Balaban J connectivity index is 2.04. The summed E-state index contributed by atoms with van der Waals surface area (Å²) in [7, 11) is 1.73. The second kappa shape index (κ2) is 5.07. The van der Waals surface area contributed by atoms with Gasteiger partial charge >= 0.3 is 0 Å². The van der Waals surface area contributed by atoms with E-state index in [1.165, 1.54) is 11.3 Å². The summed E-state index contributed by atoms with van der Waals surface area (Å²) in [5.74, 6) is -0.109. The first-order valence-corrected chi connectivity index (χ1v) is 5.96. The molecule has 17 heavy (non-hydrogen) atoms. The van der Waals surface area contributed by atoms with Crippen molar-refractivity contribution in [1.82, 2.24) is 20.1 Å². The number of aromatic amines is 1. The van der Waals surface area contributed by atoms with E-state index in [0.717, 1.165) is 10.6 Å². The lowest BCUT2D eigenvalue weighted by molar-refractivity contribution is 0.0780. The van der Waals surface area contributed by atoms with Crippen molar-refractivity contribution in [2.45, 2.75) is 13.1 Å². The van der Waals surface area contributed by atoms with Gasteiger partial charge in [-0.2, -0.15) is 5.10 Å². The zero-order valence-electron chi connectivity index (χ0n) is 9.38. The zero-order chi connectivity index (χ0) is 12.3. The van der Waals surface area contributed by atoms with E-state index in [0.29, 0.717) is 18.8 Å². The predicted molar refractivity (Wildman–Crippen MR) is 64.4 cm³/mol. The van der Waals surface area contributed by atoms with Gasteiger partial charge in [0.2, 0.25) is 0 Å². The Morgan fingerprint density at radius 2 is 2.47 bits per heavy atom. The molecule has 90 valence electrons. The second-order valence-electron chi connectivity index (χ2n) is 3.60. The summed E-state index contributed by atoms with van der Waals surface area (Å²) >= 11 is 1.40. The molecule has 0 bridgehead atoms. The molecule has 0 aliphatic carbocycles. The summed E-state index contributed by atoms with van der Waals surface area (Å²) in [4.78, 5) is 17.8. The van der Waals surface area contributed by atoms with Crippen LogP contribution in [0.4, 0.5) is 0 Å². The van der Waals surface area contributed by atoms with Crippen molar-refractivity contribution in [3.05, 3.63) is 34.0 Å². The van der Waals surface area contributed by atoms with Crippen LogP contribution in [-0.4, -0.2) is 33.0 Å². The lowest BCUT2D eigenvalue weighted by Gasteiger charge is -2.14. The minimum atomic E-state index is -0.109. The van der Waals surface area contributed by atoms with E-state index in [-0.39, 0.29) is 5.91 Å². The van der Waals surface area contributed by atoms with E-state index in [1.807, 2.05) is 0 Å². The number of H-pyrrole nitrogens is 1. The molecule has 2 aromatic rings. The van der Waals surface area contributed by atoms with Crippen molar-refractivity contribution in [1.29, 1.82) is 0 Å². The number of nitrogens with one attached hydrogen (secondary N) is 1. The van der Waals surface area contributed by atoms with E-state index in [2.05, 4.69) is 15.2 Å². The van der Waals surface area contributed by atoms with Crippen molar-refractivity contribution in [2.24, 2.45) is 5.73 Å². The Kier molecular flexibility index (Phi) is 3.50. The molecule has 0 radical (unpaired) electrons. The average molecular weight is 251 g/mol. The topological polar surface area (TPSA) is 87.9 Å². The van der Waals surface area contributed by atoms with E-state index in [1.54, 1.807) is 29.7 Å². The Morgan fingerprint density at radius 3 is 3.06 bits per heavy atom. The average Bonchev–Trinajstić information content (AvgIpc) is 2.98. The van der Waals surface area contributed by atoms with Crippen LogP contribution < -0.4 is 5.73 Å². The Hall–Kier alpha value is -1.73. The van der Waals surface area contributed by atoms with Crippen LogP contribution in [0.25, 0.3) is 0 Å². The van der Waals surface area contributed by atoms with Crippen LogP contribution in [0, 0.1) is 0 Å². The minimum absolute atomic E-state index is 0.109. The largest absolute Gasteiger partial charge is 0.336 e. The van der Waals surface area contributed by atoms with Crippen molar-refractivity contribution in [3.63, 3.8) is 0 Å². The van der Waals surface area contributed by atoms with Gasteiger partial charge in [0, 0.05) is 37.3 Å². The van der Waals surface area contributed by atoms with Crippen molar-refractivity contribution in [2.75, 3.05) is 7.05 Å². The molecule has 7 heteroatoms. The van der Waals surface area contributed by atoms with Gasteiger partial charge in [0.15, 0.2) is 0 Å². The van der Waals surface area contributed by atoms with Crippen molar-refractivity contribution in [3.8, 4) is 0 Å². The normalized spacial score (nSPS) is 10.5. The molecule has 0 aliphatic rings. The third kappa shape index (κ3) is 2.69. The lowest BCUT2D eigenvalue weighted by Crippen LogP contribution is -2.26. The molecule has 2 aromatic heterocycles. The number of rotatable bonds is 4. The molecule has 0 saturated carbocycles. The molecule has 2 rings (SSSR count). The number of hydrogen-bond acceptors (Lipinski definition) is 5. The molecule has 0 fully saturated rings. The van der Waals surface area contributed by atoms with E-state index < -0.39 is 0 Å². The molecule has 0 atom stereocenters. The molecule has 2 heterocycles. The number of carbonyl (C=O) groups excluding carboxylic acids is 1. The molecular weight excluding hydrogens is 238 g/mol. The highest BCUT2D eigenvalue weighted by molar-refractivity contribution is 7.09. The van der Waals surface area contributed by atoms with Gasteiger partial charge in [-0.15, -0.1) is 11.3 Å². The number of nitrogens with two attached hydrogens (primary N) is 1. The first kappa shape index (κ1) is 11.7. The van der Waals surface area contributed by atoms with Crippen molar-refractivity contribution < 1.29 is 4.79 Å². The van der Waals surface area contributed by atoms with Gasteiger partial charge in [0.05, 0.1) is 6.20 Å². The van der Waals surface area contributed by atoms with Crippen LogP contribution in [-0.2, 0) is 13.1 Å². The molecule has 0 aliphatic heterocycles. The monoisotopic (exact) mass is 251 g/mol. The maximum atomic E-state index is 12.0. The van der Waals surface area contributed by atoms with Crippen molar-refractivity contribution >= 4 is 17.2 Å². The van der Waals surface area contributed by atoms with Gasteiger partial charge in [-0.3, -0.25) is 9.89 Å². The summed E-state index contributed by atoms with van der Waals surface area (Å²) in [6, 6.07) is 0. The van der Waals surface area contributed by atoms with Gasteiger partial charge in [-0.1, -0.05) is 0 Å². The predicted octanol–water partition coefficient (Wildman–Crippen LogP) is 0.597. The van der Waals surface area contributed by atoms with Gasteiger partial charge in [0.1, 0.15) is 10.7 Å². The summed E-state index contributed by atoms with van der Waals surface area (Å²) in [5, 5.41) is 9.04. The van der Waals surface area contributed by atoms with E-state index >= 15 is 0 Å². The number of thiazole rings is 1. The number of carbonyl (C=O) groups is 1. The van der Waals surface area contributed by atoms with Gasteiger partial charge in [-0.05, 0) is 0 Å². The zero-order valence-corrected chi connectivity index (χ0v) is 10.2. The number of amides is 1.